The first-order chi connectivity index (χ1) is 12.9. The van der Waals surface area contributed by atoms with E-state index in [1.54, 1.807) is 30.3 Å². The SMILES string of the molecule is C=CC[C@H]1[C@@H](c2ccccc2)C(C#N)=C(N)N1S(=O)(=O)c1ccc(C)cc1. The summed E-state index contributed by atoms with van der Waals surface area (Å²) in [6, 6.07) is 17.6. The maximum atomic E-state index is 13.3. The lowest BCUT2D eigenvalue weighted by Gasteiger charge is -2.30. The Morgan fingerprint density at radius 1 is 1.19 bits per heavy atom. The van der Waals surface area contributed by atoms with E-state index < -0.39 is 22.0 Å². The molecule has 27 heavy (non-hydrogen) atoms. The van der Waals surface area contributed by atoms with E-state index in [-0.39, 0.29) is 16.3 Å². The van der Waals surface area contributed by atoms with Gasteiger partial charge in [-0.3, -0.25) is 0 Å². The van der Waals surface area contributed by atoms with Crippen LogP contribution in [0.3, 0.4) is 0 Å². The fourth-order valence-electron chi connectivity index (χ4n) is 3.49. The van der Waals surface area contributed by atoms with Crippen LogP contribution in [0.4, 0.5) is 0 Å². The van der Waals surface area contributed by atoms with Crippen LogP contribution in [0.1, 0.15) is 23.5 Å². The van der Waals surface area contributed by atoms with Crippen LogP contribution in [-0.2, 0) is 10.0 Å². The number of hydrogen-bond acceptors (Lipinski definition) is 4. The molecule has 0 aromatic heterocycles. The van der Waals surface area contributed by atoms with Crippen molar-refractivity contribution < 1.29 is 8.42 Å². The normalized spacial score (nSPS) is 19.8. The number of nitriles is 1. The van der Waals surface area contributed by atoms with Gasteiger partial charge in [0, 0.05) is 5.92 Å². The van der Waals surface area contributed by atoms with Gasteiger partial charge in [-0.1, -0.05) is 54.1 Å². The van der Waals surface area contributed by atoms with Crippen LogP contribution < -0.4 is 5.73 Å². The van der Waals surface area contributed by atoms with E-state index in [0.717, 1.165) is 11.1 Å². The molecule has 138 valence electrons. The smallest absolute Gasteiger partial charge is 0.265 e. The third kappa shape index (κ3) is 3.22. The van der Waals surface area contributed by atoms with Gasteiger partial charge in [-0.15, -0.1) is 6.58 Å². The number of benzene rings is 2. The average molecular weight is 379 g/mol. The molecule has 3 rings (SSSR count). The fourth-order valence-corrected chi connectivity index (χ4v) is 5.12. The van der Waals surface area contributed by atoms with Crippen LogP contribution in [0.5, 0.6) is 0 Å². The maximum absolute atomic E-state index is 13.3. The third-order valence-corrected chi connectivity index (χ3v) is 6.63. The molecule has 5 nitrogen and oxygen atoms in total. The van der Waals surface area contributed by atoms with Crippen molar-refractivity contribution in [3.8, 4) is 6.07 Å². The Morgan fingerprint density at radius 2 is 1.81 bits per heavy atom. The van der Waals surface area contributed by atoms with Gasteiger partial charge in [-0.05, 0) is 31.0 Å². The number of sulfonamides is 1. The van der Waals surface area contributed by atoms with Crippen LogP contribution >= 0.6 is 0 Å². The van der Waals surface area contributed by atoms with E-state index >= 15 is 0 Å². The highest BCUT2D eigenvalue weighted by Gasteiger charge is 2.46. The van der Waals surface area contributed by atoms with Crippen LogP contribution in [-0.4, -0.2) is 18.8 Å². The van der Waals surface area contributed by atoms with Crippen molar-refractivity contribution in [2.45, 2.75) is 30.2 Å². The summed E-state index contributed by atoms with van der Waals surface area (Å²) in [6.07, 6.45) is 2.03. The van der Waals surface area contributed by atoms with Crippen molar-refractivity contribution >= 4 is 10.0 Å². The highest BCUT2D eigenvalue weighted by molar-refractivity contribution is 7.89. The Morgan fingerprint density at radius 3 is 2.37 bits per heavy atom. The first kappa shape index (κ1) is 18.7. The Hall–Kier alpha value is -3.04. The van der Waals surface area contributed by atoms with Gasteiger partial charge in [0.1, 0.15) is 5.82 Å². The number of rotatable bonds is 5. The van der Waals surface area contributed by atoms with Crippen LogP contribution in [0.15, 0.2) is 83.5 Å². The summed E-state index contributed by atoms with van der Waals surface area (Å²) in [5.41, 5.74) is 8.28. The third-order valence-electron chi connectivity index (χ3n) is 4.78. The molecular formula is C21H21N3O2S. The predicted molar refractivity (Wildman–Crippen MR) is 105 cm³/mol. The van der Waals surface area contributed by atoms with Crippen LogP contribution in [0.2, 0.25) is 0 Å². The molecule has 2 N–H and O–H groups in total. The second-order valence-corrected chi connectivity index (χ2v) is 8.32. The van der Waals surface area contributed by atoms with Crippen molar-refractivity contribution in [1.29, 1.82) is 5.26 Å². The van der Waals surface area contributed by atoms with E-state index in [2.05, 4.69) is 12.6 Å². The van der Waals surface area contributed by atoms with Crippen molar-refractivity contribution in [1.82, 2.24) is 4.31 Å². The van der Waals surface area contributed by atoms with Gasteiger partial charge < -0.3 is 5.73 Å². The van der Waals surface area contributed by atoms with E-state index in [9.17, 15) is 13.7 Å². The van der Waals surface area contributed by atoms with Gasteiger partial charge in [0.2, 0.25) is 0 Å². The minimum Gasteiger partial charge on any atom is -0.384 e. The molecular weight excluding hydrogens is 358 g/mol. The molecule has 2 atom stereocenters. The second-order valence-electron chi connectivity index (χ2n) is 6.50. The van der Waals surface area contributed by atoms with Crippen molar-refractivity contribution in [3.63, 3.8) is 0 Å². The first-order valence-corrected chi connectivity index (χ1v) is 10.0. The van der Waals surface area contributed by atoms with Gasteiger partial charge in [0.15, 0.2) is 0 Å². The zero-order valence-corrected chi connectivity index (χ0v) is 15.9. The Bertz CT molecular complexity index is 1020. The van der Waals surface area contributed by atoms with E-state index in [1.807, 2.05) is 37.3 Å². The Labute approximate surface area is 160 Å². The zero-order valence-electron chi connectivity index (χ0n) is 15.0. The minimum absolute atomic E-state index is 0.0150. The molecule has 0 bridgehead atoms. The average Bonchev–Trinajstić information content (AvgIpc) is 2.95. The monoisotopic (exact) mass is 379 g/mol. The summed E-state index contributed by atoms with van der Waals surface area (Å²) in [7, 11) is -3.91. The van der Waals surface area contributed by atoms with Crippen LogP contribution in [0, 0.1) is 18.3 Å². The second kappa shape index (κ2) is 7.29. The number of hydrogen-bond donors (Lipinski definition) is 1. The molecule has 2 aromatic rings. The Kier molecular flexibility index (Phi) is 5.06. The fraction of sp³-hybridized carbons (Fsp3) is 0.190. The lowest BCUT2D eigenvalue weighted by atomic mass is 9.86. The summed E-state index contributed by atoms with van der Waals surface area (Å²) < 4.78 is 27.9. The molecule has 0 amide bonds. The van der Waals surface area contributed by atoms with Crippen molar-refractivity contribution in [3.05, 3.63) is 89.8 Å². The van der Waals surface area contributed by atoms with E-state index in [1.165, 1.54) is 4.31 Å². The quantitative estimate of drug-likeness (QED) is 0.807. The molecule has 6 heteroatoms. The summed E-state index contributed by atoms with van der Waals surface area (Å²) >= 11 is 0. The first-order valence-electron chi connectivity index (χ1n) is 8.58. The zero-order chi connectivity index (χ0) is 19.6. The molecule has 0 unspecified atom stereocenters. The molecule has 0 aliphatic carbocycles. The van der Waals surface area contributed by atoms with Gasteiger partial charge in [0.05, 0.1) is 22.6 Å². The topological polar surface area (TPSA) is 87.2 Å². The number of aryl methyl sites for hydroxylation is 1. The van der Waals surface area contributed by atoms with Gasteiger partial charge in [-0.25, -0.2) is 12.7 Å². The molecule has 1 aliphatic heterocycles. The van der Waals surface area contributed by atoms with Gasteiger partial charge in [-0.2, -0.15) is 5.26 Å². The molecule has 1 heterocycles. The standard InChI is InChI=1S/C21H21N3O2S/c1-3-7-19-20(16-8-5-4-6-9-16)18(14-22)21(23)24(19)27(25,26)17-12-10-15(2)11-13-17/h3-6,8-13,19-20H,1,7,23H2,2H3/t19-,20-/m0/s1. The lowest BCUT2D eigenvalue weighted by molar-refractivity contribution is 0.381. The van der Waals surface area contributed by atoms with E-state index in [4.69, 9.17) is 5.73 Å². The molecule has 0 fully saturated rings. The minimum atomic E-state index is -3.91. The van der Waals surface area contributed by atoms with Crippen LogP contribution in [0.25, 0.3) is 0 Å². The molecule has 0 spiro atoms. The molecule has 1 aliphatic rings. The largest absolute Gasteiger partial charge is 0.384 e. The molecule has 2 aromatic carbocycles. The van der Waals surface area contributed by atoms with Crippen molar-refractivity contribution in [2.24, 2.45) is 5.73 Å². The summed E-state index contributed by atoms with van der Waals surface area (Å²) in [4.78, 5) is 0.149. The van der Waals surface area contributed by atoms with Gasteiger partial charge >= 0.3 is 0 Å². The summed E-state index contributed by atoms with van der Waals surface area (Å²) in [5.74, 6) is -0.451. The predicted octanol–water partition coefficient (Wildman–Crippen LogP) is 3.42. The molecule has 0 radical (unpaired) electrons. The highest BCUT2D eigenvalue weighted by Crippen LogP contribution is 2.43. The number of nitrogens with zero attached hydrogens (tertiary/aromatic N) is 2. The van der Waals surface area contributed by atoms with Crippen molar-refractivity contribution in [2.75, 3.05) is 0 Å². The maximum Gasteiger partial charge on any atom is 0.265 e. The molecule has 0 saturated heterocycles. The van der Waals surface area contributed by atoms with E-state index in [0.29, 0.717) is 6.42 Å². The Balaban J connectivity index is 2.16. The highest BCUT2D eigenvalue weighted by atomic mass is 32.2. The lowest BCUT2D eigenvalue weighted by Crippen LogP contribution is -2.40. The van der Waals surface area contributed by atoms with Gasteiger partial charge in [0.25, 0.3) is 10.0 Å². The molecule has 0 saturated carbocycles. The number of nitrogens with two attached hydrogens (primary N) is 1. The summed E-state index contributed by atoms with van der Waals surface area (Å²) in [5, 5.41) is 9.71. The summed E-state index contributed by atoms with van der Waals surface area (Å²) in [6.45, 7) is 5.65.